The van der Waals surface area contributed by atoms with Crippen LogP contribution in [0.1, 0.15) is 25.3 Å². The topological polar surface area (TPSA) is 67.9 Å². The number of hydrogen-bond acceptors (Lipinski definition) is 4. The van der Waals surface area contributed by atoms with Crippen molar-refractivity contribution in [2.24, 2.45) is 5.92 Å². The Morgan fingerprint density at radius 2 is 2.14 bits per heavy atom. The number of nitrogens with zero attached hydrogens (tertiary/aromatic N) is 1. The lowest BCUT2D eigenvalue weighted by atomic mass is 10.0. The van der Waals surface area contributed by atoms with Crippen molar-refractivity contribution in [3.63, 3.8) is 0 Å². The summed E-state index contributed by atoms with van der Waals surface area (Å²) in [5, 5.41) is 0. The Hall–Kier alpha value is -1.31. The molecule has 2 aliphatic heterocycles. The van der Waals surface area contributed by atoms with Gasteiger partial charge in [0, 0.05) is 19.6 Å². The average Bonchev–Trinajstić information content (AvgIpc) is 2.94. The summed E-state index contributed by atoms with van der Waals surface area (Å²) in [6.45, 7) is 3.95. The molecular formula is C15H22N2O4S. The minimum absolute atomic E-state index is 0.249. The van der Waals surface area contributed by atoms with Crippen molar-refractivity contribution in [3.05, 3.63) is 23.8 Å². The van der Waals surface area contributed by atoms with Crippen LogP contribution in [0.4, 0.5) is 0 Å². The summed E-state index contributed by atoms with van der Waals surface area (Å²) < 4.78 is 39.4. The predicted octanol–water partition coefficient (Wildman–Crippen LogP) is 1.52. The van der Waals surface area contributed by atoms with Crippen molar-refractivity contribution >= 4 is 10.2 Å². The lowest BCUT2D eigenvalue weighted by molar-refractivity contribution is 0.174. The molecule has 2 aliphatic rings. The monoisotopic (exact) mass is 326 g/mol. The molecule has 0 aliphatic carbocycles. The fourth-order valence-corrected chi connectivity index (χ4v) is 4.24. The summed E-state index contributed by atoms with van der Waals surface area (Å²) in [4.78, 5) is 0. The van der Waals surface area contributed by atoms with Gasteiger partial charge in [-0.2, -0.15) is 12.7 Å². The van der Waals surface area contributed by atoms with Gasteiger partial charge in [-0.1, -0.05) is 13.0 Å². The van der Waals surface area contributed by atoms with E-state index in [2.05, 4.69) is 11.6 Å². The average molecular weight is 326 g/mol. The van der Waals surface area contributed by atoms with Gasteiger partial charge in [0.2, 0.25) is 6.79 Å². The van der Waals surface area contributed by atoms with Crippen LogP contribution in [0.3, 0.4) is 0 Å². The van der Waals surface area contributed by atoms with Crippen molar-refractivity contribution in [1.29, 1.82) is 0 Å². The van der Waals surface area contributed by atoms with Gasteiger partial charge in [0.25, 0.3) is 10.2 Å². The predicted molar refractivity (Wildman–Crippen MR) is 83.2 cm³/mol. The van der Waals surface area contributed by atoms with E-state index in [1.165, 1.54) is 0 Å². The second kappa shape index (κ2) is 6.44. The van der Waals surface area contributed by atoms with Gasteiger partial charge in [-0.05, 0) is 42.9 Å². The summed E-state index contributed by atoms with van der Waals surface area (Å²) in [6.07, 6.45) is 2.66. The van der Waals surface area contributed by atoms with E-state index in [-0.39, 0.29) is 6.79 Å². The molecule has 0 amide bonds. The molecule has 1 N–H and O–H groups in total. The van der Waals surface area contributed by atoms with Crippen LogP contribution in [-0.4, -0.2) is 39.2 Å². The summed E-state index contributed by atoms with van der Waals surface area (Å²) >= 11 is 0. The third kappa shape index (κ3) is 3.53. The zero-order valence-electron chi connectivity index (χ0n) is 12.7. The standard InChI is InChI=1S/C15H22N2O4S/c1-12-3-2-8-17(10-12)22(18,19)16-7-6-13-4-5-14-15(9-13)21-11-20-14/h4-5,9,12,16H,2-3,6-8,10-11H2,1H3/t12-/m1/s1. The van der Waals surface area contributed by atoms with E-state index in [0.29, 0.717) is 32.0 Å². The van der Waals surface area contributed by atoms with Crippen LogP contribution in [0.25, 0.3) is 0 Å². The first kappa shape index (κ1) is 15.6. The molecule has 3 rings (SSSR count). The second-order valence-corrected chi connectivity index (χ2v) is 7.70. The molecular weight excluding hydrogens is 304 g/mol. The molecule has 2 heterocycles. The number of benzene rings is 1. The van der Waals surface area contributed by atoms with Crippen molar-refractivity contribution < 1.29 is 17.9 Å². The largest absolute Gasteiger partial charge is 0.454 e. The smallest absolute Gasteiger partial charge is 0.279 e. The van der Waals surface area contributed by atoms with Crippen LogP contribution in [0, 0.1) is 5.92 Å². The molecule has 1 atom stereocenters. The molecule has 1 aromatic carbocycles. The molecule has 0 bridgehead atoms. The molecule has 22 heavy (non-hydrogen) atoms. The molecule has 1 fully saturated rings. The molecule has 7 heteroatoms. The summed E-state index contributed by atoms with van der Waals surface area (Å²) in [7, 11) is -3.37. The minimum atomic E-state index is -3.37. The lowest BCUT2D eigenvalue weighted by Crippen LogP contribution is -2.46. The SMILES string of the molecule is C[C@@H]1CCCN(S(=O)(=O)NCCc2ccc3c(c2)OCO3)C1. The zero-order chi connectivity index (χ0) is 15.6. The maximum atomic E-state index is 12.3. The van der Waals surface area contributed by atoms with Crippen LogP contribution in [0.2, 0.25) is 0 Å². The third-order valence-electron chi connectivity index (χ3n) is 4.09. The van der Waals surface area contributed by atoms with Gasteiger partial charge in [-0.3, -0.25) is 0 Å². The maximum Gasteiger partial charge on any atom is 0.279 e. The van der Waals surface area contributed by atoms with Gasteiger partial charge < -0.3 is 9.47 Å². The van der Waals surface area contributed by atoms with Crippen LogP contribution >= 0.6 is 0 Å². The molecule has 0 radical (unpaired) electrons. The first-order valence-corrected chi connectivity index (χ1v) is 9.12. The molecule has 0 spiro atoms. The van der Waals surface area contributed by atoms with Crippen LogP contribution in [0.5, 0.6) is 11.5 Å². The quantitative estimate of drug-likeness (QED) is 0.891. The maximum absolute atomic E-state index is 12.3. The summed E-state index contributed by atoms with van der Waals surface area (Å²) in [5.41, 5.74) is 1.03. The zero-order valence-corrected chi connectivity index (χ0v) is 13.6. The minimum Gasteiger partial charge on any atom is -0.454 e. The Bertz CT molecular complexity index is 632. The number of hydrogen-bond donors (Lipinski definition) is 1. The highest BCUT2D eigenvalue weighted by Gasteiger charge is 2.26. The molecule has 1 saturated heterocycles. The Balaban J connectivity index is 1.53. The first-order chi connectivity index (χ1) is 10.5. The van der Waals surface area contributed by atoms with Crippen molar-refractivity contribution in [1.82, 2.24) is 9.03 Å². The van der Waals surface area contributed by atoms with Gasteiger partial charge in [-0.15, -0.1) is 0 Å². The number of piperidine rings is 1. The highest BCUT2D eigenvalue weighted by molar-refractivity contribution is 7.87. The number of nitrogens with one attached hydrogen (secondary N) is 1. The molecule has 0 unspecified atom stereocenters. The van der Waals surface area contributed by atoms with Gasteiger partial charge in [-0.25, -0.2) is 4.72 Å². The number of fused-ring (bicyclic) bond motifs is 1. The number of ether oxygens (including phenoxy) is 2. The van der Waals surface area contributed by atoms with Crippen LogP contribution in [-0.2, 0) is 16.6 Å². The van der Waals surface area contributed by atoms with E-state index in [1.54, 1.807) is 4.31 Å². The fourth-order valence-electron chi connectivity index (χ4n) is 2.88. The normalized spacial score (nSPS) is 22.0. The molecule has 6 nitrogen and oxygen atoms in total. The van der Waals surface area contributed by atoms with E-state index < -0.39 is 10.2 Å². The third-order valence-corrected chi connectivity index (χ3v) is 5.68. The molecule has 0 aromatic heterocycles. The Morgan fingerprint density at radius 3 is 2.95 bits per heavy atom. The van der Waals surface area contributed by atoms with E-state index in [4.69, 9.17) is 9.47 Å². The molecule has 1 aromatic rings. The highest BCUT2D eigenvalue weighted by Crippen LogP contribution is 2.32. The molecule has 0 saturated carbocycles. The van der Waals surface area contributed by atoms with Gasteiger partial charge in [0.15, 0.2) is 11.5 Å². The fraction of sp³-hybridized carbons (Fsp3) is 0.600. The Morgan fingerprint density at radius 1 is 1.32 bits per heavy atom. The van der Waals surface area contributed by atoms with Crippen LogP contribution < -0.4 is 14.2 Å². The Kier molecular flexibility index (Phi) is 4.56. The lowest BCUT2D eigenvalue weighted by Gasteiger charge is -2.29. The van der Waals surface area contributed by atoms with Crippen molar-refractivity contribution in [3.8, 4) is 11.5 Å². The van der Waals surface area contributed by atoms with E-state index in [1.807, 2.05) is 18.2 Å². The summed E-state index contributed by atoms with van der Waals surface area (Å²) in [6, 6.07) is 5.70. The van der Waals surface area contributed by atoms with Gasteiger partial charge >= 0.3 is 0 Å². The van der Waals surface area contributed by atoms with E-state index >= 15 is 0 Å². The second-order valence-electron chi connectivity index (χ2n) is 5.94. The highest BCUT2D eigenvalue weighted by atomic mass is 32.2. The molecule has 122 valence electrons. The summed E-state index contributed by atoms with van der Waals surface area (Å²) in [5.74, 6) is 1.90. The van der Waals surface area contributed by atoms with Gasteiger partial charge in [0.05, 0.1) is 0 Å². The van der Waals surface area contributed by atoms with Crippen molar-refractivity contribution in [2.45, 2.75) is 26.2 Å². The Labute approximate surface area is 131 Å². The van der Waals surface area contributed by atoms with E-state index in [0.717, 1.165) is 29.9 Å². The van der Waals surface area contributed by atoms with Crippen molar-refractivity contribution in [2.75, 3.05) is 26.4 Å². The number of rotatable bonds is 5. The first-order valence-electron chi connectivity index (χ1n) is 7.68. The van der Waals surface area contributed by atoms with E-state index in [9.17, 15) is 8.42 Å². The van der Waals surface area contributed by atoms with Crippen LogP contribution in [0.15, 0.2) is 18.2 Å². The van der Waals surface area contributed by atoms with Gasteiger partial charge in [0.1, 0.15) is 0 Å².